The first-order chi connectivity index (χ1) is 13.6. The molecule has 0 saturated heterocycles. The largest absolute Gasteiger partial charge is 0.454 e. The normalized spacial score (nSPS) is 14.4. The zero-order valence-electron chi connectivity index (χ0n) is 15.2. The Morgan fingerprint density at radius 2 is 1.64 bits per heavy atom. The third kappa shape index (κ3) is 2.55. The smallest absolute Gasteiger partial charge is 0.251 e. The second-order valence-corrected chi connectivity index (χ2v) is 6.94. The summed E-state index contributed by atoms with van der Waals surface area (Å²) in [7, 11) is 0. The van der Waals surface area contributed by atoms with Crippen molar-refractivity contribution in [2.75, 3.05) is 6.79 Å². The van der Waals surface area contributed by atoms with Crippen molar-refractivity contribution in [3.05, 3.63) is 82.9 Å². The Balaban J connectivity index is 1.39. The lowest BCUT2D eigenvalue weighted by atomic mass is 10.0. The molecule has 5 nitrogen and oxygen atoms in total. The minimum atomic E-state index is -0.225. The van der Waals surface area contributed by atoms with E-state index in [0.717, 1.165) is 16.7 Å². The minimum absolute atomic E-state index is 0.0379. The van der Waals surface area contributed by atoms with E-state index in [9.17, 15) is 9.59 Å². The van der Waals surface area contributed by atoms with Gasteiger partial charge in [-0.3, -0.25) is 9.59 Å². The number of benzene rings is 3. The van der Waals surface area contributed by atoms with Crippen molar-refractivity contribution in [3.8, 4) is 22.6 Å². The molecule has 1 aliphatic carbocycles. The quantitative estimate of drug-likeness (QED) is 0.588. The lowest BCUT2D eigenvalue weighted by molar-refractivity contribution is 0.0939. The van der Waals surface area contributed by atoms with Crippen LogP contribution < -0.4 is 14.8 Å². The number of carbonyl (C=O) groups is 2. The van der Waals surface area contributed by atoms with Gasteiger partial charge in [0.05, 0.1) is 6.04 Å². The Morgan fingerprint density at radius 3 is 2.50 bits per heavy atom. The van der Waals surface area contributed by atoms with Gasteiger partial charge in [-0.15, -0.1) is 0 Å². The van der Waals surface area contributed by atoms with E-state index in [1.54, 1.807) is 12.1 Å². The van der Waals surface area contributed by atoms with Crippen molar-refractivity contribution in [1.82, 2.24) is 5.32 Å². The van der Waals surface area contributed by atoms with Gasteiger partial charge in [0.25, 0.3) is 5.91 Å². The molecule has 1 amide bonds. The highest BCUT2D eigenvalue weighted by Crippen LogP contribution is 2.37. The average molecular weight is 371 g/mol. The van der Waals surface area contributed by atoms with Crippen LogP contribution >= 0.6 is 0 Å². The van der Waals surface area contributed by atoms with Crippen LogP contribution in [-0.4, -0.2) is 18.5 Å². The molecule has 5 heteroatoms. The second kappa shape index (κ2) is 6.23. The molecule has 0 fully saturated rings. The zero-order chi connectivity index (χ0) is 19.3. The van der Waals surface area contributed by atoms with E-state index in [0.29, 0.717) is 28.2 Å². The van der Waals surface area contributed by atoms with E-state index in [2.05, 4.69) is 5.32 Å². The molecule has 1 heterocycles. The van der Waals surface area contributed by atoms with Crippen LogP contribution in [0.25, 0.3) is 11.1 Å². The fourth-order valence-electron chi connectivity index (χ4n) is 3.72. The Kier molecular flexibility index (Phi) is 3.69. The average Bonchev–Trinajstić information content (AvgIpc) is 3.30. The summed E-state index contributed by atoms with van der Waals surface area (Å²) >= 11 is 0. The number of rotatable bonds is 3. The van der Waals surface area contributed by atoms with E-state index in [4.69, 9.17) is 9.47 Å². The van der Waals surface area contributed by atoms with Crippen LogP contribution in [0.3, 0.4) is 0 Å². The van der Waals surface area contributed by atoms with Crippen molar-refractivity contribution in [2.24, 2.45) is 0 Å². The van der Waals surface area contributed by atoms with Gasteiger partial charge in [0.15, 0.2) is 17.3 Å². The van der Waals surface area contributed by atoms with Crippen LogP contribution in [0.5, 0.6) is 11.5 Å². The molecule has 0 spiro atoms. The first-order valence-corrected chi connectivity index (χ1v) is 9.10. The van der Waals surface area contributed by atoms with E-state index >= 15 is 0 Å². The number of ether oxygens (including phenoxy) is 2. The summed E-state index contributed by atoms with van der Waals surface area (Å²) in [5, 5.41) is 2.98. The highest BCUT2D eigenvalue weighted by atomic mass is 16.7. The SMILES string of the molecule is CC(NC(=O)c1ccc2c(c1)C(=O)c1ccccc1-2)c1ccc2c(c1)OCO2. The highest BCUT2D eigenvalue weighted by molar-refractivity contribution is 6.22. The molecule has 3 aromatic rings. The summed E-state index contributed by atoms with van der Waals surface area (Å²) in [6.45, 7) is 2.12. The Morgan fingerprint density at radius 1 is 0.893 bits per heavy atom. The van der Waals surface area contributed by atoms with Crippen LogP contribution in [-0.2, 0) is 0 Å². The van der Waals surface area contributed by atoms with Gasteiger partial charge < -0.3 is 14.8 Å². The van der Waals surface area contributed by atoms with Gasteiger partial charge in [-0.1, -0.05) is 36.4 Å². The molecule has 1 unspecified atom stereocenters. The molecule has 2 aliphatic rings. The van der Waals surface area contributed by atoms with E-state index in [1.807, 2.05) is 55.5 Å². The van der Waals surface area contributed by atoms with E-state index in [-0.39, 0.29) is 24.5 Å². The standard InChI is InChI=1S/C23H17NO4/c1-13(14-7-9-20-21(11-14)28-12-27-20)24-23(26)15-6-8-17-16-4-2-3-5-18(16)22(25)19(17)10-15/h2-11,13H,12H2,1H3,(H,24,26). The van der Waals surface area contributed by atoms with E-state index in [1.165, 1.54) is 0 Å². The molecule has 0 aromatic heterocycles. The molecule has 3 aromatic carbocycles. The first kappa shape index (κ1) is 16.6. The van der Waals surface area contributed by atoms with Gasteiger partial charge in [-0.2, -0.15) is 0 Å². The molecule has 1 N–H and O–H groups in total. The van der Waals surface area contributed by atoms with Crippen molar-refractivity contribution < 1.29 is 19.1 Å². The number of fused-ring (bicyclic) bond motifs is 4. The Bertz CT molecular complexity index is 1140. The molecular weight excluding hydrogens is 354 g/mol. The lowest BCUT2D eigenvalue weighted by Crippen LogP contribution is -2.26. The van der Waals surface area contributed by atoms with Crippen LogP contribution in [0.15, 0.2) is 60.7 Å². The molecule has 0 saturated carbocycles. The number of carbonyl (C=O) groups excluding carboxylic acids is 2. The predicted molar refractivity (Wildman–Crippen MR) is 104 cm³/mol. The Labute approximate surface area is 161 Å². The second-order valence-electron chi connectivity index (χ2n) is 6.94. The van der Waals surface area contributed by atoms with Crippen molar-refractivity contribution >= 4 is 11.7 Å². The monoisotopic (exact) mass is 371 g/mol. The molecule has 1 atom stereocenters. The van der Waals surface area contributed by atoms with Crippen LogP contribution in [0, 0.1) is 0 Å². The van der Waals surface area contributed by atoms with Gasteiger partial charge in [0, 0.05) is 16.7 Å². The third-order valence-electron chi connectivity index (χ3n) is 5.23. The fraction of sp³-hybridized carbons (Fsp3) is 0.130. The van der Waals surface area contributed by atoms with Crippen LogP contribution in [0.2, 0.25) is 0 Å². The maximum absolute atomic E-state index is 12.8. The molecular formula is C23H17NO4. The summed E-state index contributed by atoms with van der Waals surface area (Å²) in [6.07, 6.45) is 0. The Hall–Kier alpha value is -3.60. The molecule has 5 rings (SSSR count). The molecule has 28 heavy (non-hydrogen) atoms. The van der Waals surface area contributed by atoms with Crippen LogP contribution in [0.4, 0.5) is 0 Å². The van der Waals surface area contributed by atoms with Crippen molar-refractivity contribution in [1.29, 1.82) is 0 Å². The summed E-state index contributed by atoms with van der Waals surface area (Å²) in [6, 6.07) is 18.2. The highest BCUT2D eigenvalue weighted by Gasteiger charge is 2.27. The zero-order valence-corrected chi connectivity index (χ0v) is 15.2. The van der Waals surface area contributed by atoms with Gasteiger partial charge in [-0.25, -0.2) is 0 Å². The van der Waals surface area contributed by atoms with Gasteiger partial charge in [0.2, 0.25) is 6.79 Å². The van der Waals surface area contributed by atoms with Crippen LogP contribution in [0.1, 0.15) is 44.8 Å². The number of hydrogen-bond donors (Lipinski definition) is 1. The van der Waals surface area contributed by atoms with Gasteiger partial charge in [0.1, 0.15) is 0 Å². The van der Waals surface area contributed by atoms with E-state index < -0.39 is 0 Å². The lowest BCUT2D eigenvalue weighted by Gasteiger charge is -2.15. The van der Waals surface area contributed by atoms with Crippen molar-refractivity contribution in [2.45, 2.75) is 13.0 Å². The number of amides is 1. The summed E-state index contributed by atoms with van der Waals surface area (Å²) in [4.78, 5) is 25.4. The maximum atomic E-state index is 12.8. The topological polar surface area (TPSA) is 64.6 Å². The summed E-state index contributed by atoms with van der Waals surface area (Å²) in [5.74, 6) is 1.12. The number of hydrogen-bond acceptors (Lipinski definition) is 4. The maximum Gasteiger partial charge on any atom is 0.251 e. The minimum Gasteiger partial charge on any atom is -0.454 e. The fourth-order valence-corrected chi connectivity index (χ4v) is 3.72. The number of ketones is 1. The summed E-state index contributed by atoms with van der Waals surface area (Å²) < 4.78 is 10.7. The van der Waals surface area contributed by atoms with Gasteiger partial charge >= 0.3 is 0 Å². The first-order valence-electron chi connectivity index (χ1n) is 9.10. The third-order valence-corrected chi connectivity index (χ3v) is 5.23. The molecule has 0 radical (unpaired) electrons. The predicted octanol–water partition coefficient (Wildman–Crippen LogP) is 4.12. The number of nitrogens with one attached hydrogen (secondary N) is 1. The van der Waals surface area contributed by atoms with Crippen molar-refractivity contribution in [3.63, 3.8) is 0 Å². The van der Waals surface area contributed by atoms with Gasteiger partial charge in [-0.05, 0) is 47.9 Å². The molecule has 138 valence electrons. The summed E-state index contributed by atoms with van der Waals surface area (Å²) in [5.41, 5.74) is 4.44. The molecule has 1 aliphatic heterocycles. The molecule has 0 bridgehead atoms.